The molecular formula is C7H5BO. The second kappa shape index (κ2) is 2.49. The fraction of sp³-hybridized carbons (Fsp3) is 0. The number of hydrogen-bond acceptors (Lipinski definition) is 1. The molecule has 2 heteroatoms. The van der Waals surface area contributed by atoms with E-state index in [2.05, 4.69) is 0 Å². The second-order valence-corrected chi connectivity index (χ2v) is 1.73. The minimum Gasteiger partial charge on any atom is -0.291 e. The fourth-order valence-electron chi connectivity index (χ4n) is 0.545. The largest absolute Gasteiger partial charge is 0.291 e. The van der Waals surface area contributed by atoms with Gasteiger partial charge in [0, 0.05) is 0 Å². The highest BCUT2D eigenvalue weighted by Gasteiger charge is 1.82. The van der Waals surface area contributed by atoms with Crippen LogP contribution in [0.1, 0.15) is 0 Å². The summed E-state index contributed by atoms with van der Waals surface area (Å²) in [7, 11) is 5.29. The van der Waals surface area contributed by atoms with E-state index in [0.717, 1.165) is 0 Å². The molecule has 1 aromatic rings. The Hall–Kier alpha value is -1.05. The van der Waals surface area contributed by atoms with Crippen molar-refractivity contribution in [1.29, 1.82) is 0 Å². The highest BCUT2D eigenvalue weighted by atomic mass is 16.1. The Morgan fingerprint density at radius 1 is 1.11 bits per heavy atom. The molecule has 2 radical (unpaired) electrons. The summed E-state index contributed by atoms with van der Waals surface area (Å²) in [5.74, 6) is 0. The molecule has 0 N–H and O–H groups in total. The Kier molecular flexibility index (Phi) is 1.68. The molecular weight excluding hydrogens is 111 g/mol. The summed E-state index contributed by atoms with van der Waals surface area (Å²) >= 11 is 0. The molecule has 0 amide bonds. The second-order valence-electron chi connectivity index (χ2n) is 1.73. The Morgan fingerprint density at radius 2 is 1.78 bits per heavy atom. The molecule has 1 nitrogen and oxygen atoms in total. The normalized spacial score (nSPS) is 8.89. The summed E-state index contributed by atoms with van der Waals surface area (Å²) in [6.45, 7) is 0. The molecule has 0 heterocycles. The first-order chi connectivity index (χ1) is 4.30. The van der Waals surface area contributed by atoms with Crippen molar-refractivity contribution in [1.82, 2.24) is 0 Å². The molecule has 0 saturated heterocycles. The maximum atomic E-state index is 10.7. The quantitative estimate of drug-likeness (QED) is 0.430. The van der Waals surface area contributed by atoms with Crippen LogP contribution in [0.3, 0.4) is 0 Å². The van der Waals surface area contributed by atoms with Gasteiger partial charge in [0.15, 0.2) is 5.43 Å². The molecule has 42 valence electrons. The molecule has 0 aliphatic heterocycles. The molecule has 0 fully saturated rings. The highest BCUT2D eigenvalue weighted by Crippen LogP contribution is 1.71. The van der Waals surface area contributed by atoms with Crippen molar-refractivity contribution in [3.05, 3.63) is 40.6 Å². The van der Waals surface area contributed by atoms with E-state index in [1.54, 1.807) is 24.3 Å². The van der Waals surface area contributed by atoms with Gasteiger partial charge in [0.25, 0.3) is 0 Å². The van der Waals surface area contributed by atoms with Crippen LogP contribution in [0.4, 0.5) is 0 Å². The molecule has 9 heavy (non-hydrogen) atoms. The average Bonchev–Trinajstić information content (AvgIpc) is 1.99. The van der Waals surface area contributed by atoms with Crippen LogP contribution in [0.5, 0.6) is 0 Å². The van der Waals surface area contributed by atoms with E-state index in [-0.39, 0.29) is 5.43 Å². The Bertz CT molecular complexity index is 257. The van der Waals surface area contributed by atoms with Gasteiger partial charge in [0.1, 0.15) is 7.85 Å². The molecule has 1 rings (SSSR count). The summed E-state index contributed by atoms with van der Waals surface area (Å²) in [4.78, 5) is 10.7. The van der Waals surface area contributed by atoms with Crippen molar-refractivity contribution in [2.45, 2.75) is 0 Å². The lowest BCUT2D eigenvalue weighted by Gasteiger charge is -1.74. The zero-order valence-electron chi connectivity index (χ0n) is 4.87. The van der Waals surface area contributed by atoms with E-state index in [0.29, 0.717) is 5.46 Å². The average molecular weight is 116 g/mol. The van der Waals surface area contributed by atoms with Crippen LogP contribution in [0.2, 0.25) is 0 Å². The lowest BCUT2D eigenvalue weighted by atomic mass is 9.98. The molecule has 0 unspecified atom stereocenters. The van der Waals surface area contributed by atoms with Crippen molar-refractivity contribution in [2.24, 2.45) is 0 Å². The van der Waals surface area contributed by atoms with E-state index in [9.17, 15) is 4.79 Å². The minimum atomic E-state index is -0.125. The standard InChI is InChI=1S/C7H5BO/c8-6-4-2-1-3-5-7(6)9/h1-5H. The van der Waals surface area contributed by atoms with Crippen LogP contribution < -0.4 is 10.9 Å². The Balaban J connectivity index is 3.42. The third kappa shape index (κ3) is 1.42. The van der Waals surface area contributed by atoms with Crippen molar-refractivity contribution < 1.29 is 0 Å². The summed E-state index contributed by atoms with van der Waals surface area (Å²) in [5.41, 5.74) is 0.167. The Labute approximate surface area is 54.8 Å². The van der Waals surface area contributed by atoms with Gasteiger partial charge in [0.05, 0.1) is 0 Å². The van der Waals surface area contributed by atoms with Crippen molar-refractivity contribution >= 4 is 13.3 Å². The molecule has 0 aliphatic rings. The molecule has 0 saturated carbocycles. The lowest BCUT2D eigenvalue weighted by molar-refractivity contribution is 1.74. The monoisotopic (exact) mass is 116 g/mol. The van der Waals surface area contributed by atoms with Gasteiger partial charge in [-0.05, 0) is 6.07 Å². The van der Waals surface area contributed by atoms with Crippen LogP contribution >= 0.6 is 0 Å². The van der Waals surface area contributed by atoms with Crippen LogP contribution in [-0.2, 0) is 0 Å². The van der Waals surface area contributed by atoms with Crippen molar-refractivity contribution in [3.63, 3.8) is 0 Å². The minimum absolute atomic E-state index is 0.125. The smallest absolute Gasteiger partial charge is 0.171 e. The zero-order chi connectivity index (χ0) is 6.69. The maximum absolute atomic E-state index is 10.7. The van der Waals surface area contributed by atoms with Crippen LogP contribution in [-0.4, -0.2) is 7.85 Å². The molecule has 0 aliphatic carbocycles. The molecule has 0 spiro atoms. The van der Waals surface area contributed by atoms with Crippen LogP contribution in [0.25, 0.3) is 0 Å². The number of hydrogen-bond donors (Lipinski definition) is 0. The molecule has 0 aromatic heterocycles. The van der Waals surface area contributed by atoms with Crippen molar-refractivity contribution in [3.8, 4) is 0 Å². The van der Waals surface area contributed by atoms with E-state index in [1.165, 1.54) is 6.07 Å². The first kappa shape index (κ1) is 6.08. The Morgan fingerprint density at radius 3 is 2.56 bits per heavy atom. The van der Waals surface area contributed by atoms with Crippen LogP contribution in [0.15, 0.2) is 35.1 Å². The maximum Gasteiger partial charge on any atom is 0.171 e. The van der Waals surface area contributed by atoms with Gasteiger partial charge in [-0.2, -0.15) is 0 Å². The first-order valence-electron chi connectivity index (χ1n) is 2.65. The SMILES string of the molecule is [B]c1cccccc1=O. The first-order valence-corrected chi connectivity index (χ1v) is 2.65. The number of rotatable bonds is 0. The highest BCUT2D eigenvalue weighted by molar-refractivity contribution is 6.31. The van der Waals surface area contributed by atoms with Gasteiger partial charge in [-0.1, -0.05) is 29.7 Å². The predicted octanol–water partition coefficient (Wildman–Crippen LogP) is -0.159. The lowest BCUT2D eigenvalue weighted by Crippen LogP contribution is -2.20. The molecule has 0 bridgehead atoms. The van der Waals surface area contributed by atoms with E-state index in [1.807, 2.05) is 0 Å². The zero-order valence-corrected chi connectivity index (χ0v) is 4.87. The molecule has 0 atom stereocenters. The third-order valence-electron chi connectivity index (χ3n) is 1.03. The van der Waals surface area contributed by atoms with Gasteiger partial charge in [-0.3, -0.25) is 4.79 Å². The topological polar surface area (TPSA) is 17.1 Å². The van der Waals surface area contributed by atoms with Crippen molar-refractivity contribution in [2.75, 3.05) is 0 Å². The van der Waals surface area contributed by atoms with Crippen LogP contribution in [0, 0.1) is 0 Å². The van der Waals surface area contributed by atoms with Gasteiger partial charge >= 0.3 is 0 Å². The van der Waals surface area contributed by atoms with Gasteiger partial charge < -0.3 is 0 Å². The fourth-order valence-corrected chi connectivity index (χ4v) is 0.545. The van der Waals surface area contributed by atoms with Gasteiger partial charge in [0.2, 0.25) is 0 Å². The summed E-state index contributed by atoms with van der Waals surface area (Å²) < 4.78 is 0. The predicted molar refractivity (Wildman–Crippen MR) is 38.1 cm³/mol. The van der Waals surface area contributed by atoms with Gasteiger partial charge in [-0.15, -0.1) is 0 Å². The van der Waals surface area contributed by atoms with E-state index >= 15 is 0 Å². The summed E-state index contributed by atoms with van der Waals surface area (Å²) in [6.07, 6.45) is 0. The molecule has 1 aromatic carbocycles. The van der Waals surface area contributed by atoms with E-state index in [4.69, 9.17) is 7.85 Å². The summed E-state index contributed by atoms with van der Waals surface area (Å²) in [6, 6.07) is 8.19. The third-order valence-corrected chi connectivity index (χ3v) is 1.03. The van der Waals surface area contributed by atoms with E-state index < -0.39 is 0 Å². The summed E-state index contributed by atoms with van der Waals surface area (Å²) in [5, 5.41) is 0. The van der Waals surface area contributed by atoms with Gasteiger partial charge in [-0.25, -0.2) is 0 Å².